The van der Waals surface area contributed by atoms with Gasteiger partial charge in [-0.25, -0.2) is 4.99 Å². The molecule has 1 aliphatic rings. The van der Waals surface area contributed by atoms with Crippen LogP contribution in [-0.4, -0.2) is 67.9 Å². The fourth-order valence-electron chi connectivity index (χ4n) is 3.70. The van der Waals surface area contributed by atoms with E-state index in [1.165, 1.54) is 12.2 Å². The Hall–Kier alpha value is -3.63. The van der Waals surface area contributed by atoms with Crippen molar-refractivity contribution in [2.45, 2.75) is 45.4 Å². The predicted octanol–water partition coefficient (Wildman–Crippen LogP) is 4.75. The molecule has 1 saturated heterocycles. The molecule has 2 rings (SSSR count). The SMILES string of the molecule is C=N/C(=C\C=C(/C)O[C@H]1CCN(c2ccc(C(=C)CC(CC)C(=O)N(C)C)nc2)C1=O)OCC(F)(F)F. The molecule has 37 heavy (non-hydrogen) atoms. The summed E-state index contributed by atoms with van der Waals surface area (Å²) in [6.45, 7) is 9.71. The van der Waals surface area contributed by atoms with Crippen LogP contribution in [0.4, 0.5) is 18.9 Å². The number of aromatic nitrogens is 1. The van der Waals surface area contributed by atoms with Crippen molar-refractivity contribution >= 4 is 29.8 Å². The summed E-state index contributed by atoms with van der Waals surface area (Å²) in [5, 5.41) is 0. The molecule has 1 aromatic rings. The van der Waals surface area contributed by atoms with Gasteiger partial charge in [-0.15, -0.1) is 0 Å². The van der Waals surface area contributed by atoms with Gasteiger partial charge in [0, 0.05) is 39.1 Å². The number of allylic oxidation sites excluding steroid dienone is 4. The summed E-state index contributed by atoms with van der Waals surface area (Å²) < 4.78 is 47.2. The molecule has 2 heterocycles. The lowest BCUT2D eigenvalue weighted by Crippen LogP contribution is -2.30. The van der Waals surface area contributed by atoms with E-state index in [4.69, 9.17) is 4.74 Å². The Bertz CT molecular complexity index is 1050. The lowest BCUT2D eigenvalue weighted by molar-refractivity contribution is -0.164. The van der Waals surface area contributed by atoms with E-state index in [-0.39, 0.29) is 23.6 Å². The van der Waals surface area contributed by atoms with Gasteiger partial charge in [-0.05, 0) is 50.3 Å². The van der Waals surface area contributed by atoms with Gasteiger partial charge in [-0.1, -0.05) is 13.5 Å². The maximum Gasteiger partial charge on any atom is 0.422 e. The summed E-state index contributed by atoms with van der Waals surface area (Å²) in [6.07, 6.45) is 0.487. The second kappa shape index (κ2) is 13.1. The maximum absolute atomic E-state index is 12.9. The molecule has 1 aromatic heterocycles. The number of carbonyl (C=O) groups is 2. The summed E-state index contributed by atoms with van der Waals surface area (Å²) >= 11 is 0. The van der Waals surface area contributed by atoms with Gasteiger partial charge in [0.25, 0.3) is 5.91 Å². The number of hydrogen-bond donors (Lipinski definition) is 0. The highest BCUT2D eigenvalue weighted by Gasteiger charge is 2.34. The molecular formula is C26H33F3N4O4. The van der Waals surface area contributed by atoms with Crippen molar-refractivity contribution in [1.29, 1.82) is 0 Å². The molecule has 1 aliphatic heterocycles. The minimum atomic E-state index is -4.50. The molecule has 8 nitrogen and oxygen atoms in total. The van der Waals surface area contributed by atoms with E-state index in [1.54, 1.807) is 49.1 Å². The highest BCUT2D eigenvalue weighted by atomic mass is 19.4. The molecule has 0 N–H and O–H groups in total. The zero-order valence-corrected chi connectivity index (χ0v) is 21.5. The van der Waals surface area contributed by atoms with Crippen LogP contribution >= 0.6 is 0 Å². The number of anilines is 1. The Kier molecular flexibility index (Phi) is 10.5. The van der Waals surface area contributed by atoms with Crippen LogP contribution in [0, 0.1) is 5.92 Å². The van der Waals surface area contributed by atoms with Gasteiger partial charge in [0.05, 0.1) is 23.3 Å². The van der Waals surface area contributed by atoms with Crippen LogP contribution in [0.15, 0.2) is 53.7 Å². The smallest absolute Gasteiger partial charge is 0.422 e. The van der Waals surface area contributed by atoms with Crippen LogP contribution < -0.4 is 4.90 Å². The Morgan fingerprint density at radius 1 is 1.35 bits per heavy atom. The molecular weight excluding hydrogens is 489 g/mol. The highest BCUT2D eigenvalue weighted by molar-refractivity contribution is 5.98. The standard InChI is InChI=1S/C26H33F3N4O4/c1-7-19(24(34)32(5)6)14-17(2)21-10-9-20(15-31-21)33-13-12-22(25(33)35)37-18(3)8-11-23(30-4)36-16-26(27,28)29/h8-11,15,19,22H,2,4,7,12-14,16H2,1,3,5-6H3/b18-8+,23-11+/t19?,22-/m0/s1. The van der Waals surface area contributed by atoms with E-state index in [0.717, 1.165) is 5.57 Å². The van der Waals surface area contributed by atoms with E-state index >= 15 is 0 Å². The van der Waals surface area contributed by atoms with Gasteiger partial charge < -0.3 is 19.3 Å². The van der Waals surface area contributed by atoms with E-state index in [9.17, 15) is 22.8 Å². The number of rotatable bonds is 12. The minimum Gasteiger partial charge on any atom is -0.485 e. The summed E-state index contributed by atoms with van der Waals surface area (Å²) in [7, 11) is 3.45. The Morgan fingerprint density at radius 3 is 2.59 bits per heavy atom. The molecule has 2 atom stereocenters. The summed E-state index contributed by atoms with van der Waals surface area (Å²) in [4.78, 5) is 36.2. The Morgan fingerprint density at radius 2 is 2.05 bits per heavy atom. The first-order valence-electron chi connectivity index (χ1n) is 11.7. The number of carbonyl (C=O) groups excluding carboxylic acids is 2. The number of halogens is 3. The van der Waals surface area contributed by atoms with Gasteiger partial charge in [0.15, 0.2) is 12.7 Å². The third-order valence-corrected chi connectivity index (χ3v) is 5.68. The summed E-state index contributed by atoms with van der Waals surface area (Å²) in [5.74, 6) is -0.409. The van der Waals surface area contributed by atoms with Gasteiger partial charge >= 0.3 is 6.18 Å². The summed E-state index contributed by atoms with van der Waals surface area (Å²) in [5.41, 5.74) is 1.99. The number of amides is 2. The van der Waals surface area contributed by atoms with Gasteiger partial charge in [-0.2, -0.15) is 13.2 Å². The van der Waals surface area contributed by atoms with E-state index in [1.807, 2.05) is 6.92 Å². The molecule has 0 spiro atoms. The third kappa shape index (κ3) is 8.76. The molecule has 0 aromatic carbocycles. The van der Waals surface area contributed by atoms with Crippen LogP contribution in [0.1, 0.15) is 38.8 Å². The quantitative estimate of drug-likeness (QED) is 0.225. The van der Waals surface area contributed by atoms with Crippen molar-refractivity contribution in [2.75, 3.05) is 32.1 Å². The zero-order chi connectivity index (χ0) is 27.8. The van der Waals surface area contributed by atoms with E-state index in [0.29, 0.717) is 42.9 Å². The van der Waals surface area contributed by atoms with Crippen molar-refractivity contribution in [3.63, 3.8) is 0 Å². The molecule has 11 heteroatoms. The average molecular weight is 523 g/mol. The maximum atomic E-state index is 12.9. The van der Waals surface area contributed by atoms with E-state index in [2.05, 4.69) is 28.0 Å². The normalized spacial score (nSPS) is 17.4. The van der Waals surface area contributed by atoms with Crippen LogP contribution in [0.25, 0.3) is 5.57 Å². The summed E-state index contributed by atoms with van der Waals surface area (Å²) in [6, 6.07) is 3.54. The van der Waals surface area contributed by atoms with Gasteiger partial charge in [0.1, 0.15) is 0 Å². The largest absolute Gasteiger partial charge is 0.485 e. The lowest BCUT2D eigenvalue weighted by Gasteiger charge is -2.20. The second-order valence-corrected chi connectivity index (χ2v) is 8.78. The van der Waals surface area contributed by atoms with Crippen LogP contribution in [0.2, 0.25) is 0 Å². The molecule has 0 bridgehead atoms. The molecule has 2 amide bonds. The number of aliphatic imine (C=N–C) groups is 1. The number of ether oxygens (including phenoxy) is 2. The van der Waals surface area contributed by atoms with Crippen molar-refractivity contribution in [3.8, 4) is 0 Å². The number of hydrogen-bond acceptors (Lipinski definition) is 6. The van der Waals surface area contributed by atoms with Gasteiger partial charge in [0.2, 0.25) is 11.8 Å². The molecule has 1 fully saturated rings. The Labute approximate surface area is 215 Å². The first-order valence-corrected chi connectivity index (χ1v) is 11.7. The highest BCUT2D eigenvalue weighted by Crippen LogP contribution is 2.27. The van der Waals surface area contributed by atoms with Crippen molar-refractivity contribution in [3.05, 3.63) is 54.4 Å². The first-order chi connectivity index (χ1) is 17.4. The zero-order valence-electron chi connectivity index (χ0n) is 21.5. The number of pyridine rings is 1. The van der Waals surface area contributed by atoms with Crippen molar-refractivity contribution in [2.24, 2.45) is 10.9 Å². The number of alkyl halides is 3. The van der Waals surface area contributed by atoms with Crippen LogP contribution in [0.3, 0.4) is 0 Å². The first kappa shape index (κ1) is 29.6. The van der Waals surface area contributed by atoms with E-state index < -0.39 is 18.9 Å². The van der Waals surface area contributed by atoms with Crippen LogP contribution in [0.5, 0.6) is 0 Å². The lowest BCUT2D eigenvalue weighted by atomic mass is 9.94. The average Bonchev–Trinajstić information content (AvgIpc) is 3.21. The molecule has 1 unspecified atom stereocenters. The van der Waals surface area contributed by atoms with Gasteiger partial charge in [-0.3, -0.25) is 14.6 Å². The Balaban J connectivity index is 1.99. The molecule has 0 radical (unpaired) electrons. The fraction of sp³-hybridized carbons (Fsp3) is 0.462. The molecule has 202 valence electrons. The van der Waals surface area contributed by atoms with Crippen molar-refractivity contribution < 1.29 is 32.2 Å². The molecule has 0 aliphatic carbocycles. The fourth-order valence-corrected chi connectivity index (χ4v) is 3.70. The third-order valence-electron chi connectivity index (χ3n) is 5.68. The topological polar surface area (TPSA) is 84.3 Å². The second-order valence-electron chi connectivity index (χ2n) is 8.78. The number of nitrogens with zero attached hydrogens (tertiary/aromatic N) is 4. The van der Waals surface area contributed by atoms with Crippen LogP contribution in [-0.2, 0) is 19.1 Å². The minimum absolute atomic E-state index is 0.0413. The van der Waals surface area contributed by atoms with Crippen molar-refractivity contribution in [1.82, 2.24) is 9.88 Å². The molecule has 0 saturated carbocycles. The predicted molar refractivity (Wildman–Crippen MR) is 136 cm³/mol. The monoisotopic (exact) mass is 522 g/mol.